The van der Waals surface area contributed by atoms with Crippen LogP contribution in [0.4, 0.5) is 0 Å². The van der Waals surface area contributed by atoms with Gasteiger partial charge in [-0.25, -0.2) is 0 Å². The fourth-order valence-corrected chi connectivity index (χ4v) is 0.476. The summed E-state index contributed by atoms with van der Waals surface area (Å²) in [6.07, 6.45) is 0. The van der Waals surface area contributed by atoms with Crippen LogP contribution in [0.5, 0.6) is 5.95 Å². The van der Waals surface area contributed by atoms with Crippen LogP contribution in [0.15, 0.2) is 16.5 Å². The third kappa shape index (κ3) is 1.77. The van der Waals surface area contributed by atoms with Gasteiger partial charge in [0.05, 0.1) is 6.54 Å². The molecule has 0 saturated carbocycles. The van der Waals surface area contributed by atoms with Gasteiger partial charge in [0.25, 0.3) is 5.95 Å². The van der Waals surface area contributed by atoms with E-state index in [9.17, 15) is 0 Å². The van der Waals surface area contributed by atoms with E-state index in [4.69, 9.17) is 10.8 Å². The maximum atomic E-state index is 8.56. The molecule has 0 aromatic carbocycles. The van der Waals surface area contributed by atoms with Crippen LogP contribution in [-0.2, 0) is 6.54 Å². The van der Waals surface area contributed by atoms with Gasteiger partial charge >= 0.3 is 0 Å². The first-order chi connectivity index (χ1) is 3.83. The van der Waals surface area contributed by atoms with Crippen molar-refractivity contribution in [3.05, 3.63) is 17.9 Å². The van der Waals surface area contributed by atoms with Gasteiger partial charge in [0.1, 0.15) is 5.76 Å². The van der Waals surface area contributed by atoms with E-state index in [0.717, 1.165) is 0 Å². The van der Waals surface area contributed by atoms with Gasteiger partial charge in [-0.3, -0.25) is 0 Å². The fraction of sp³-hybridized carbons (Fsp3) is 0.333. The quantitative estimate of drug-likeness (QED) is 0.596. The van der Waals surface area contributed by atoms with Gasteiger partial charge in [-0.05, 0) is 6.07 Å². The van der Waals surface area contributed by atoms with E-state index >= 15 is 0 Å². The summed E-state index contributed by atoms with van der Waals surface area (Å²) < 4.78 is 4.66. The molecule has 52 valence electrons. The Hall–Kier alpha value is -0.960. The first-order valence-corrected chi connectivity index (χ1v) is 2.30. The van der Waals surface area contributed by atoms with E-state index in [1.807, 2.05) is 0 Å². The zero-order chi connectivity index (χ0) is 5.98. The monoisotopic (exact) mass is 129 g/mol. The lowest BCUT2D eigenvalue weighted by atomic mass is 10.5. The SMILES string of the molecule is C.NCc1ccc(O)o1. The molecule has 0 spiro atoms. The molecule has 0 saturated heterocycles. The lowest BCUT2D eigenvalue weighted by Gasteiger charge is -1.82. The lowest BCUT2D eigenvalue weighted by Crippen LogP contribution is -1.92. The zero-order valence-corrected chi connectivity index (χ0v) is 4.29. The van der Waals surface area contributed by atoms with Crippen molar-refractivity contribution in [1.82, 2.24) is 0 Å². The molecule has 1 heterocycles. The first kappa shape index (κ1) is 8.04. The van der Waals surface area contributed by atoms with Gasteiger partial charge in [0, 0.05) is 6.07 Å². The second-order valence-corrected chi connectivity index (χ2v) is 1.44. The Kier molecular flexibility index (Phi) is 2.81. The summed E-state index contributed by atoms with van der Waals surface area (Å²) in [5.41, 5.74) is 5.16. The number of aromatic hydroxyl groups is 1. The van der Waals surface area contributed by atoms with Crippen molar-refractivity contribution in [2.45, 2.75) is 14.0 Å². The Balaban J connectivity index is 0.000000640. The summed E-state index contributed by atoms with van der Waals surface area (Å²) in [5.74, 6) is 0.521. The highest BCUT2D eigenvalue weighted by Gasteiger charge is 1.93. The molecule has 3 N–H and O–H groups in total. The van der Waals surface area contributed by atoms with Crippen LogP contribution in [0.3, 0.4) is 0 Å². The number of hydrogen-bond donors (Lipinski definition) is 2. The highest BCUT2D eigenvalue weighted by molar-refractivity contribution is 5.09. The summed E-state index contributed by atoms with van der Waals surface area (Å²) in [6.45, 7) is 0.334. The Labute approximate surface area is 54.1 Å². The van der Waals surface area contributed by atoms with Gasteiger partial charge in [0.2, 0.25) is 0 Å². The fourth-order valence-electron chi connectivity index (χ4n) is 0.476. The minimum Gasteiger partial charge on any atom is -0.481 e. The predicted molar refractivity (Wildman–Crippen MR) is 35.0 cm³/mol. The van der Waals surface area contributed by atoms with Gasteiger partial charge in [-0.1, -0.05) is 7.43 Å². The molecule has 0 atom stereocenters. The van der Waals surface area contributed by atoms with E-state index in [-0.39, 0.29) is 13.4 Å². The molecule has 0 bridgehead atoms. The molecule has 0 aliphatic heterocycles. The molecule has 3 nitrogen and oxygen atoms in total. The van der Waals surface area contributed by atoms with Crippen molar-refractivity contribution in [1.29, 1.82) is 0 Å². The van der Waals surface area contributed by atoms with Crippen molar-refractivity contribution >= 4 is 0 Å². The molecule has 9 heavy (non-hydrogen) atoms. The van der Waals surface area contributed by atoms with Crippen molar-refractivity contribution in [3.8, 4) is 5.95 Å². The summed E-state index contributed by atoms with van der Waals surface area (Å²) in [5, 5.41) is 8.56. The molecule has 0 fully saturated rings. The molecule has 0 amide bonds. The van der Waals surface area contributed by atoms with E-state index in [2.05, 4.69) is 4.42 Å². The number of hydrogen-bond acceptors (Lipinski definition) is 3. The van der Waals surface area contributed by atoms with Crippen LogP contribution in [0.2, 0.25) is 0 Å². The van der Waals surface area contributed by atoms with Crippen LogP contribution in [0.25, 0.3) is 0 Å². The second-order valence-electron chi connectivity index (χ2n) is 1.44. The molecule has 1 aromatic heterocycles. The Morgan fingerprint density at radius 2 is 2.22 bits per heavy atom. The number of nitrogens with two attached hydrogens (primary N) is 1. The van der Waals surface area contributed by atoms with E-state index in [0.29, 0.717) is 12.3 Å². The van der Waals surface area contributed by atoms with Crippen molar-refractivity contribution in [2.75, 3.05) is 0 Å². The molecule has 0 aliphatic carbocycles. The Morgan fingerprint density at radius 1 is 1.56 bits per heavy atom. The molecule has 0 unspecified atom stereocenters. The zero-order valence-electron chi connectivity index (χ0n) is 4.29. The van der Waals surface area contributed by atoms with E-state index < -0.39 is 0 Å². The van der Waals surface area contributed by atoms with Crippen molar-refractivity contribution in [2.24, 2.45) is 5.73 Å². The van der Waals surface area contributed by atoms with Crippen LogP contribution >= 0.6 is 0 Å². The second kappa shape index (κ2) is 3.14. The predicted octanol–water partition coefficient (Wildman–Crippen LogP) is 1.08. The maximum Gasteiger partial charge on any atom is 0.281 e. The average molecular weight is 129 g/mol. The van der Waals surface area contributed by atoms with Gasteiger partial charge in [-0.15, -0.1) is 0 Å². The third-order valence-electron chi connectivity index (χ3n) is 0.849. The standard InChI is InChI=1S/C5H7NO2.CH4/c6-3-4-1-2-5(7)8-4;/h1-2,7H,3,6H2;1H4. The van der Waals surface area contributed by atoms with E-state index in [1.54, 1.807) is 6.07 Å². The van der Waals surface area contributed by atoms with E-state index in [1.165, 1.54) is 6.07 Å². The van der Waals surface area contributed by atoms with Gasteiger partial charge in [-0.2, -0.15) is 0 Å². The first-order valence-electron chi connectivity index (χ1n) is 2.30. The van der Waals surface area contributed by atoms with Crippen molar-refractivity contribution < 1.29 is 9.52 Å². The average Bonchev–Trinajstić information content (AvgIpc) is 2.14. The molecule has 0 aliphatic rings. The minimum absolute atomic E-state index is 0. The molecule has 0 radical (unpaired) electrons. The van der Waals surface area contributed by atoms with Crippen LogP contribution in [0, 0.1) is 0 Å². The lowest BCUT2D eigenvalue weighted by molar-refractivity contribution is 0.319. The summed E-state index contributed by atoms with van der Waals surface area (Å²) in [6, 6.07) is 3.09. The van der Waals surface area contributed by atoms with Crippen LogP contribution < -0.4 is 5.73 Å². The molecule has 1 aromatic rings. The normalized spacial score (nSPS) is 8.56. The van der Waals surface area contributed by atoms with Gasteiger partial charge < -0.3 is 15.3 Å². The molecular formula is C6H11NO2. The summed E-state index contributed by atoms with van der Waals surface area (Å²) in [4.78, 5) is 0. The molecular weight excluding hydrogens is 118 g/mol. The van der Waals surface area contributed by atoms with Crippen molar-refractivity contribution in [3.63, 3.8) is 0 Å². The largest absolute Gasteiger partial charge is 0.481 e. The Morgan fingerprint density at radius 3 is 2.44 bits per heavy atom. The smallest absolute Gasteiger partial charge is 0.281 e. The topological polar surface area (TPSA) is 59.4 Å². The highest BCUT2D eigenvalue weighted by atomic mass is 16.5. The molecule has 3 heteroatoms. The number of furan rings is 1. The maximum absolute atomic E-state index is 8.56. The Bertz CT molecular complexity index is 171. The van der Waals surface area contributed by atoms with Gasteiger partial charge in [0.15, 0.2) is 0 Å². The minimum atomic E-state index is -0.0783. The highest BCUT2D eigenvalue weighted by Crippen LogP contribution is 2.11. The number of rotatable bonds is 1. The third-order valence-corrected chi connectivity index (χ3v) is 0.849. The van der Waals surface area contributed by atoms with Crippen LogP contribution in [0.1, 0.15) is 13.2 Å². The summed E-state index contributed by atoms with van der Waals surface area (Å²) in [7, 11) is 0. The van der Waals surface area contributed by atoms with Crippen LogP contribution in [-0.4, -0.2) is 5.11 Å². The summed E-state index contributed by atoms with van der Waals surface area (Å²) >= 11 is 0. The molecule has 1 rings (SSSR count).